The van der Waals surface area contributed by atoms with Crippen molar-refractivity contribution in [3.05, 3.63) is 12.1 Å². The van der Waals surface area contributed by atoms with Crippen molar-refractivity contribution in [2.45, 2.75) is 12.8 Å². The van der Waals surface area contributed by atoms with Crippen LogP contribution in [-0.4, -0.2) is 31.5 Å². The maximum atomic E-state index is 11.4. The summed E-state index contributed by atoms with van der Waals surface area (Å²) in [6, 6.07) is 3.55. The van der Waals surface area contributed by atoms with Crippen molar-refractivity contribution in [3.8, 4) is 5.75 Å². The molecule has 3 rings (SSSR count). The topological polar surface area (TPSA) is 111 Å². The molecular weight excluding hydrogens is 272 g/mol. The van der Waals surface area contributed by atoms with E-state index in [1.54, 1.807) is 6.07 Å². The summed E-state index contributed by atoms with van der Waals surface area (Å²) in [6.07, 6.45) is 1.43. The summed E-state index contributed by atoms with van der Waals surface area (Å²) in [5.74, 6) is 0.102. The van der Waals surface area contributed by atoms with Crippen molar-refractivity contribution in [3.63, 3.8) is 0 Å². The number of nitrogens with two attached hydrogens (primary N) is 2. The number of fused-ring (bicyclic) bond motifs is 1. The van der Waals surface area contributed by atoms with Gasteiger partial charge in [0.15, 0.2) is 6.61 Å². The molecule has 1 saturated heterocycles. The molecule has 7 heteroatoms. The molecule has 0 aromatic heterocycles. The Kier molecular flexibility index (Phi) is 3.32. The number of benzene rings is 1. The van der Waals surface area contributed by atoms with Crippen LogP contribution >= 0.6 is 0 Å². The number of anilines is 3. The monoisotopic (exact) mass is 290 g/mol. The number of carbonyl (C=O) groups excluding carboxylic acids is 2. The molecule has 112 valence electrons. The van der Waals surface area contributed by atoms with Crippen molar-refractivity contribution in [1.82, 2.24) is 0 Å². The van der Waals surface area contributed by atoms with Crippen LogP contribution in [0.15, 0.2) is 12.1 Å². The van der Waals surface area contributed by atoms with Gasteiger partial charge in [-0.1, -0.05) is 0 Å². The quantitative estimate of drug-likeness (QED) is 0.678. The highest BCUT2D eigenvalue weighted by Gasteiger charge is 2.26. The molecule has 1 aromatic carbocycles. The molecule has 2 heterocycles. The zero-order chi connectivity index (χ0) is 15.0. The Morgan fingerprint density at radius 1 is 1.33 bits per heavy atom. The first-order valence-electron chi connectivity index (χ1n) is 6.95. The molecule has 0 bridgehead atoms. The largest absolute Gasteiger partial charge is 0.482 e. The van der Waals surface area contributed by atoms with Crippen LogP contribution in [0.25, 0.3) is 0 Å². The van der Waals surface area contributed by atoms with Crippen molar-refractivity contribution in [2.24, 2.45) is 11.7 Å². The fraction of sp³-hybridized carbons (Fsp3) is 0.429. The average molecular weight is 290 g/mol. The van der Waals surface area contributed by atoms with Gasteiger partial charge >= 0.3 is 0 Å². The van der Waals surface area contributed by atoms with Gasteiger partial charge in [0.25, 0.3) is 5.91 Å². The molecular formula is C14H18N4O3. The lowest BCUT2D eigenvalue weighted by Crippen LogP contribution is -2.39. The predicted octanol–water partition coefficient (Wildman–Crippen LogP) is 0.301. The molecule has 2 amide bonds. The van der Waals surface area contributed by atoms with E-state index in [1.807, 2.05) is 6.07 Å². The lowest BCUT2D eigenvalue weighted by Gasteiger charge is -2.34. The normalized spacial score (nSPS) is 18.7. The van der Waals surface area contributed by atoms with Gasteiger partial charge in [-0.05, 0) is 18.9 Å². The minimum Gasteiger partial charge on any atom is -0.482 e. The SMILES string of the molecule is NC(=O)C1CCN(c2cc3c(cc2N)OCC(=O)N3)CC1. The summed E-state index contributed by atoms with van der Waals surface area (Å²) in [6.45, 7) is 1.44. The van der Waals surface area contributed by atoms with E-state index >= 15 is 0 Å². The fourth-order valence-corrected chi connectivity index (χ4v) is 2.81. The Hall–Kier alpha value is -2.44. The molecule has 2 aliphatic heterocycles. The molecule has 7 nitrogen and oxygen atoms in total. The van der Waals surface area contributed by atoms with Gasteiger partial charge in [0.05, 0.1) is 17.1 Å². The number of carbonyl (C=O) groups is 2. The van der Waals surface area contributed by atoms with Crippen LogP contribution in [0.5, 0.6) is 5.75 Å². The van der Waals surface area contributed by atoms with Crippen molar-refractivity contribution < 1.29 is 14.3 Å². The highest BCUT2D eigenvalue weighted by atomic mass is 16.5. The van der Waals surface area contributed by atoms with E-state index in [0.717, 1.165) is 5.69 Å². The van der Waals surface area contributed by atoms with E-state index in [1.165, 1.54) is 0 Å². The maximum Gasteiger partial charge on any atom is 0.262 e. The van der Waals surface area contributed by atoms with Crippen LogP contribution < -0.4 is 26.4 Å². The molecule has 21 heavy (non-hydrogen) atoms. The number of nitrogen functional groups attached to an aromatic ring is 1. The Balaban J connectivity index is 1.81. The third kappa shape index (κ3) is 2.58. The maximum absolute atomic E-state index is 11.4. The summed E-state index contributed by atoms with van der Waals surface area (Å²) in [5, 5.41) is 2.77. The number of nitrogens with zero attached hydrogens (tertiary/aromatic N) is 1. The van der Waals surface area contributed by atoms with Crippen LogP contribution in [0.3, 0.4) is 0 Å². The standard InChI is InChI=1S/C14H18N4O3/c15-9-5-12-10(17-13(19)7-21-12)6-11(9)18-3-1-8(2-4-18)14(16)20/h5-6,8H,1-4,7,15H2,(H2,16,20)(H,17,19). The number of hydrogen-bond acceptors (Lipinski definition) is 5. The zero-order valence-corrected chi connectivity index (χ0v) is 11.6. The first kappa shape index (κ1) is 13.5. The number of hydrogen-bond donors (Lipinski definition) is 3. The summed E-state index contributed by atoms with van der Waals surface area (Å²) in [5.41, 5.74) is 13.5. The number of rotatable bonds is 2. The second kappa shape index (κ2) is 5.16. The molecule has 0 atom stereocenters. The van der Waals surface area contributed by atoms with Gasteiger partial charge in [-0.2, -0.15) is 0 Å². The summed E-state index contributed by atoms with van der Waals surface area (Å²) in [4.78, 5) is 24.7. The molecule has 0 unspecified atom stereocenters. The number of amides is 2. The van der Waals surface area contributed by atoms with Gasteiger partial charge in [0.2, 0.25) is 5.91 Å². The first-order valence-corrected chi connectivity index (χ1v) is 6.95. The predicted molar refractivity (Wildman–Crippen MR) is 79.1 cm³/mol. The number of primary amides is 1. The Labute approximate surface area is 122 Å². The minimum absolute atomic E-state index is 0.00971. The van der Waals surface area contributed by atoms with Crippen molar-refractivity contribution in [1.29, 1.82) is 0 Å². The zero-order valence-electron chi connectivity index (χ0n) is 11.6. The van der Waals surface area contributed by atoms with Crippen LogP contribution in [0.4, 0.5) is 17.1 Å². The molecule has 1 aromatic rings. The molecule has 5 N–H and O–H groups in total. The smallest absolute Gasteiger partial charge is 0.262 e. The molecule has 1 fully saturated rings. The molecule has 0 radical (unpaired) electrons. The summed E-state index contributed by atoms with van der Waals surface area (Å²) in [7, 11) is 0. The Bertz CT molecular complexity index is 594. The van der Waals surface area contributed by atoms with E-state index in [-0.39, 0.29) is 24.3 Å². The molecule has 0 spiro atoms. The molecule has 0 aliphatic carbocycles. The van der Waals surface area contributed by atoms with Crippen LogP contribution in [0, 0.1) is 5.92 Å². The van der Waals surface area contributed by atoms with Gasteiger partial charge in [-0.25, -0.2) is 0 Å². The first-order chi connectivity index (χ1) is 10.0. The number of ether oxygens (including phenoxy) is 1. The highest BCUT2D eigenvalue weighted by Crippen LogP contribution is 2.38. The number of piperidine rings is 1. The van der Waals surface area contributed by atoms with Gasteiger partial charge in [0.1, 0.15) is 5.75 Å². The van der Waals surface area contributed by atoms with Gasteiger partial charge in [-0.3, -0.25) is 9.59 Å². The van der Waals surface area contributed by atoms with Crippen LogP contribution in [-0.2, 0) is 9.59 Å². The van der Waals surface area contributed by atoms with E-state index in [9.17, 15) is 9.59 Å². The second-order valence-corrected chi connectivity index (χ2v) is 5.41. The fourth-order valence-electron chi connectivity index (χ4n) is 2.81. The van der Waals surface area contributed by atoms with Gasteiger partial charge in [0, 0.05) is 25.1 Å². The van der Waals surface area contributed by atoms with Crippen LogP contribution in [0.1, 0.15) is 12.8 Å². The highest BCUT2D eigenvalue weighted by molar-refractivity contribution is 5.97. The average Bonchev–Trinajstić information content (AvgIpc) is 2.47. The summed E-state index contributed by atoms with van der Waals surface area (Å²) >= 11 is 0. The van der Waals surface area contributed by atoms with E-state index in [4.69, 9.17) is 16.2 Å². The Morgan fingerprint density at radius 2 is 2.05 bits per heavy atom. The second-order valence-electron chi connectivity index (χ2n) is 5.41. The van der Waals surface area contributed by atoms with E-state index in [0.29, 0.717) is 43.1 Å². The number of nitrogens with one attached hydrogen (secondary N) is 1. The van der Waals surface area contributed by atoms with E-state index < -0.39 is 0 Å². The third-order valence-electron chi connectivity index (χ3n) is 4.00. The Morgan fingerprint density at radius 3 is 2.71 bits per heavy atom. The molecule has 0 saturated carbocycles. The van der Waals surface area contributed by atoms with Gasteiger partial charge < -0.3 is 26.4 Å². The van der Waals surface area contributed by atoms with Gasteiger partial charge in [-0.15, -0.1) is 0 Å². The lowest BCUT2D eigenvalue weighted by atomic mass is 9.95. The minimum atomic E-state index is -0.242. The summed E-state index contributed by atoms with van der Waals surface area (Å²) < 4.78 is 5.34. The third-order valence-corrected chi connectivity index (χ3v) is 4.00. The van der Waals surface area contributed by atoms with E-state index in [2.05, 4.69) is 10.2 Å². The molecule has 2 aliphatic rings. The lowest BCUT2D eigenvalue weighted by molar-refractivity contribution is -0.122. The van der Waals surface area contributed by atoms with Crippen LogP contribution in [0.2, 0.25) is 0 Å². The van der Waals surface area contributed by atoms with Crippen molar-refractivity contribution >= 4 is 28.9 Å². The van der Waals surface area contributed by atoms with Crippen molar-refractivity contribution in [2.75, 3.05) is 35.6 Å².